The summed E-state index contributed by atoms with van der Waals surface area (Å²) in [4.78, 5) is 36.5. The quantitative estimate of drug-likeness (QED) is 0.220. The second-order valence-corrected chi connectivity index (χ2v) is 8.82. The Morgan fingerprint density at radius 3 is 2.15 bits per heavy atom. The Labute approximate surface area is 200 Å². The molecule has 6 nitrogen and oxygen atoms in total. The molecule has 0 aliphatic rings. The van der Waals surface area contributed by atoms with Crippen LogP contribution in [-0.4, -0.2) is 24.4 Å². The highest BCUT2D eigenvalue weighted by atomic mass is 16.5. The van der Waals surface area contributed by atoms with Crippen LogP contribution < -0.4 is 10.6 Å². The molecular weight excluding hydrogens is 416 g/mol. The first-order chi connectivity index (χ1) is 15.8. The molecule has 2 N–H and O–H groups in total. The number of benzene rings is 1. The second-order valence-electron chi connectivity index (χ2n) is 8.82. The van der Waals surface area contributed by atoms with Crippen molar-refractivity contribution < 1.29 is 19.1 Å². The van der Waals surface area contributed by atoms with Crippen molar-refractivity contribution >= 4 is 23.5 Å². The Balaban J connectivity index is 3.11. The monoisotopic (exact) mass is 460 g/mol. The smallest absolute Gasteiger partial charge is 0.313 e. The van der Waals surface area contributed by atoms with Gasteiger partial charge in [0.25, 0.3) is 0 Å². The van der Waals surface area contributed by atoms with Gasteiger partial charge in [-0.1, -0.05) is 77.8 Å². The summed E-state index contributed by atoms with van der Waals surface area (Å²) in [6.07, 6.45) is 10.1. The molecule has 1 aromatic carbocycles. The van der Waals surface area contributed by atoms with E-state index in [2.05, 4.69) is 24.5 Å². The summed E-state index contributed by atoms with van der Waals surface area (Å²) in [5, 5.41) is 5.94. The molecule has 2 atom stereocenters. The van der Waals surface area contributed by atoms with Gasteiger partial charge in [-0.3, -0.25) is 14.4 Å². The Morgan fingerprint density at radius 1 is 0.879 bits per heavy atom. The number of anilines is 1. The largest absolute Gasteiger partial charge is 0.465 e. The number of nitrogens with one attached hydrogen (secondary N) is 2. The van der Waals surface area contributed by atoms with Gasteiger partial charge in [-0.15, -0.1) is 0 Å². The minimum Gasteiger partial charge on any atom is -0.465 e. The fraction of sp³-hybridized carbons (Fsp3) is 0.667. The summed E-state index contributed by atoms with van der Waals surface area (Å²) >= 11 is 0. The van der Waals surface area contributed by atoms with Crippen molar-refractivity contribution in [1.29, 1.82) is 0 Å². The van der Waals surface area contributed by atoms with Gasteiger partial charge in [0.2, 0.25) is 11.8 Å². The molecule has 0 saturated carbocycles. The molecule has 2 amide bonds. The molecule has 1 rings (SSSR count). The van der Waals surface area contributed by atoms with Gasteiger partial charge in [-0.25, -0.2) is 0 Å². The molecule has 186 valence electrons. The number of unbranched alkanes of at least 4 members (excludes halogenated alkanes) is 6. The lowest BCUT2D eigenvalue weighted by Crippen LogP contribution is -2.26. The molecular formula is C27H44N2O4. The summed E-state index contributed by atoms with van der Waals surface area (Å²) in [6.45, 7) is 9.64. The zero-order valence-electron chi connectivity index (χ0n) is 21.3. The summed E-state index contributed by atoms with van der Waals surface area (Å²) in [7, 11) is 0. The fourth-order valence-corrected chi connectivity index (χ4v) is 4.05. The molecule has 0 aliphatic heterocycles. The van der Waals surface area contributed by atoms with Gasteiger partial charge in [0.1, 0.15) is 0 Å². The summed E-state index contributed by atoms with van der Waals surface area (Å²) in [6, 6.07) is 5.62. The van der Waals surface area contributed by atoms with E-state index in [1.165, 1.54) is 33.1 Å². The van der Waals surface area contributed by atoms with Crippen molar-refractivity contribution in [2.45, 2.75) is 111 Å². The van der Waals surface area contributed by atoms with Gasteiger partial charge in [0.05, 0.1) is 18.6 Å². The van der Waals surface area contributed by atoms with E-state index in [9.17, 15) is 14.4 Å². The van der Waals surface area contributed by atoms with Crippen LogP contribution in [0.3, 0.4) is 0 Å². The lowest BCUT2D eigenvalue weighted by atomic mass is 9.91. The van der Waals surface area contributed by atoms with E-state index in [0.29, 0.717) is 18.7 Å². The van der Waals surface area contributed by atoms with Crippen LogP contribution in [0.5, 0.6) is 0 Å². The summed E-state index contributed by atoms with van der Waals surface area (Å²) in [5.74, 6) is -0.992. The van der Waals surface area contributed by atoms with Crippen molar-refractivity contribution in [1.82, 2.24) is 5.32 Å². The third-order valence-corrected chi connectivity index (χ3v) is 5.82. The minimum absolute atomic E-state index is 0.0826. The first-order valence-electron chi connectivity index (χ1n) is 12.7. The van der Waals surface area contributed by atoms with Crippen molar-refractivity contribution in [2.24, 2.45) is 0 Å². The average Bonchev–Trinajstić information content (AvgIpc) is 2.76. The number of hydrogen-bond acceptors (Lipinski definition) is 4. The van der Waals surface area contributed by atoms with Gasteiger partial charge >= 0.3 is 5.97 Å². The molecule has 33 heavy (non-hydrogen) atoms. The SMILES string of the molecule is CCCCCCCC(NC(C)=O)c1ccc(C(CC)C(=O)OCCCCC)c(NC(C)=O)c1. The first kappa shape index (κ1) is 28.7. The molecule has 0 aliphatic carbocycles. The highest BCUT2D eigenvalue weighted by Crippen LogP contribution is 2.32. The predicted octanol–water partition coefficient (Wildman–Crippen LogP) is 6.41. The topological polar surface area (TPSA) is 84.5 Å². The van der Waals surface area contributed by atoms with Crippen LogP contribution in [0.25, 0.3) is 0 Å². The number of hydrogen-bond donors (Lipinski definition) is 2. The Bertz CT molecular complexity index is 748. The highest BCUT2D eigenvalue weighted by molar-refractivity contribution is 5.91. The average molecular weight is 461 g/mol. The third kappa shape index (κ3) is 10.9. The molecule has 0 heterocycles. The van der Waals surface area contributed by atoms with Crippen LogP contribution >= 0.6 is 0 Å². The van der Waals surface area contributed by atoms with Crippen molar-refractivity contribution in [3.8, 4) is 0 Å². The lowest BCUT2D eigenvalue weighted by molar-refractivity contribution is -0.145. The van der Waals surface area contributed by atoms with E-state index in [1.54, 1.807) is 0 Å². The molecule has 0 bridgehead atoms. The van der Waals surface area contributed by atoms with E-state index in [4.69, 9.17) is 4.74 Å². The molecule has 1 aromatic rings. The molecule has 0 saturated heterocycles. The molecule has 0 aromatic heterocycles. The number of amides is 2. The van der Waals surface area contributed by atoms with Crippen LogP contribution in [0.4, 0.5) is 5.69 Å². The molecule has 0 spiro atoms. The van der Waals surface area contributed by atoms with Crippen LogP contribution in [0.2, 0.25) is 0 Å². The van der Waals surface area contributed by atoms with E-state index in [1.807, 2.05) is 25.1 Å². The first-order valence-corrected chi connectivity index (χ1v) is 12.7. The van der Waals surface area contributed by atoms with E-state index in [-0.39, 0.29) is 23.8 Å². The molecule has 0 radical (unpaired) electrons. The van der Waals surface area contributed by atoms with Gasteiger partial charge in [0, 0.05) is 19.5 Å². The van der Waals surface area contributed by atoms with Gasteiger partial charge in [-0.05, 0) is 36.5 Å². The van der Waals surface area contributed by atoms with Gasteiger partial charge < -0.3 is 15.4 Å². The number of carbonyl (C=O) groups excluding carboxylic acids is 3. The highest BCUT2D eigenvalue weighted by Gasteiger charge is 2.25. The summed E-state index contributed by atoms with van der Waals surface area (Å²) < 4.78 is 5.52. The Kier molecular flexibility index (Phi) is 14.1. The minimum atomic E-state index is -0.448. The zero-order valence-corrected chi connectivity index (χ0v) is 21.3. The molecule has 6 heteroatoms. The number of rotatable bonds is 16. The number of carbonyl (C=O) groups is 3. The number of esters is 1. The normalized spacial score (nSPS) is 12.6. The van der Waals surface area contributed by atoms with Gasteiger partial charge in [0.15, 0.2) is 0 Å². The van der Waals surface area contributed by atoms with Crippen molar-refractivity contribution in [3.63, 3.8) is 0 Å². The summed E-state index contributed by atoms with van der Waals surface area (Å²) in [5.41, 5.74) is 2.29. The lowest BCUT2D eigenvalue weighted by Gasteiger charge is -2.23. The van der Waals surface area contributed by atoms with Crippen molar-refractivity contribution in [3.05, 3.63) is 29.3 Å². The van der Waals surface area contributed by atoms with E-state index in [0.717, 1.165) is 49.7 Å². The predicted molar refractivity (Wildman–Crippen MR) is 134 cm³/mol. The Morgan fingerprint density at radius 2 is 1.55 bits per heavy atom. The van der Waals surface area contributed by atoms with Crippen LogP contribution in [0, 0.1) is 0 Å². The fourth-order valence-electron chi connectivity index (χ4n) is 4.05. The van der Waals surface area contributed by atoms with E-state index < -0.39 is 5.92 Å². The van der Waals surface area contributed by atoms with Crippen LogP contribution in [0.1, 0.15) is 122 Å². The number of ether oxygens (including phenoxy) is 1. The maximum absolute atomic E-state index is 12.8. The van der Waals surface area contributed by atoms with Crippen molar-refractivity contribution in [2.75, 3.05) is 11.9 Å². The second kappa shape index (κ2) is 16.3. The zero-order chi connectivity index (χ0) is 24.6. The van der Waals surface area contributed by atoms with E-state index >= 15 is 0 Å². The standard InChI is InChI=1S/C27H44N2O4/c1-6-9-11-12-13-15-25(28-20(4)30)22-16-17-24(26(19-22)29-21(5)31)23(8-3)27(32)33-18-14-10-7-2/h16-17,19,23,25H,6-15,18H2,1-5H3,(H,28,30)(H,29,31). The Hall–Kier alpha value is -2.37. The van der Waals surface area contributed by atoms with Crippen LogP contribution in [-0.2, 0) is 19.1 Å². The van der Waals surface area contributed by atoms with Gasteiger partial charge in [-0.2, -0.15) is 0 Å². The maximum atomic E-state index is 12.8. The maximum Gasteiger partial charge on any atom is 0.313 e. The third-order valence-electron chi connectivity index (χ3n) is 5.82. The molecule has 0 fully saturated rings. The van der Waals surface area contributed by atoms with Crippen LogP contribution in [0.15, 0.2) is 18.2 Å². The molecule has 2 unspecified atom stereocenters.